The third-order valence-corrected chi connectivity index (χ3v) is 6.53. The number of guanidine groups is 1. The molecular formula is C19H33N5S. The van der Waals surface area contributed by atoms with Crippen molar-refractivity contribution >= 4 is 17.3 Å². The van der Waals surface area contributed by atoms with Gasteiger partial charge in [0.25, 0.3) is 0 Å². The van der Waals surface area contributed by atoms with Crippen LogP contribution in [0, 0.1) is 0 Å². The summed E-state index contributed by atoms with van der Waals surface area (Å²) < 4.78 is 0. The van der Waals surface area contributed by atoms with Gasteiger partial charge in [0.2, 0.25) is 0 Å². The molecule has 2 saturated heterocycles. The first-order valence-electron chi connectivity index (χ1n) is 9.61. The predicted octanol–water partition coefficient (Wildman–Crippen LogP) is 2.36. The van der Waals surface area contributed by atoms with E-state index >= 15 is 0 Å². The van der Waals surface area contributed by atoms with Gasteiger partial charge in [-0.15, -0.1) is 0 Å². The SMILES string of the molecule is CN=C(NCc1ccsc1)NCC1(N2CCCCC2)CCN(C)CC1. The van der Waals surface area contributed by atoms with Crippen LogP contribution in [0.2, 0.25) is 0 Å². The maximum absolute atomic E-state index is 4.43. The highest BCUT2D eigenvalue weighted by atomic mass is 32.1. The second-order valence-electron chi connectivity index (χ2n) is 7.49. The Hall–Kier alpha value is -1.11. The maximum Gasteiger partial charge on any atom is 0.191 e. The van der Waals surface area contributed by atoms with Crippen molar-refractivity contribution < 1.29 is 0 Å². The fourth-order valence-electron chi connectivity index (χ4n) is 4.06. The molecule has 2 aliphatic heterocycles. The summed E-state index contributed by atoms with van der Waals surface area (Å²) in [5, 5.41) is 11.4. The number of hydrogen-bond acceptors (Lipinski definition) is 4. The molecule has 0 unspecified atom stereocenters. The molecule has 2 fully saturated rings. The molecule has 0 spiro atoms. The average molecular weight is 364 g/mol. The number of nitrogens with zero attached hydrogens (tertiary/aromatic N) is 3. The van der Waals surface area contributed by atoms with Gasteiger partial charge in [-0.1, -0.05) is 6.42 Å². The summed E-state index contributed by atoms with van der Waals surface area (Å²) in [6, 6.07) is 2.16. The molecule has 0 aromatic carbocycles. The van der Waals surface area contributed by atoms with Gasteiger partial charge < -0.3 is 15.5 Å². The molecule has 3 rings (SSSR count). The summed E-state index contributed by atoms with van der Waals surface area (Å²) in [5.41, 5.74) is 1.60. The highest BCUT2D eigenvalue weighted by Gasteiger charge is 2.39. The van der Waals surface area contributed by atoms with Crippen LogP contribution in [0.4, 0.5) is 0 Å². The minimum Gasteiger partial charge on any atom is -0.355 e. The third-order valence-electron chi connectivity index (χ3n) is 5.79. The summed E-state index contributed by atoms with van der Waals surface area (Å²) in [7, 11) is 4.11. The van der Waals surface area contributed by atoms with Gasteiger partial charge in [0.05, 0.1) is 0 Å². The van der Waals surface area contributed by atoms with Crippen molar-refractivity contribution in [2.24, 2.45) is 4.99 Å². The zero-order valence-corrected chi connectivity index (χ0v) is 16.6. The van der Waals surface area contributed by atoms with Crippen LogP contribution in [-0.2, 0) is 6.54 Å². The zero-order chi connectivity index (χ0) is 17.5. The van der Waals surface area contributed by atoms with Gasteiger partial charge in [0.1, 0.15) is 0 Å². The molecule has 5 nitrogen and oxygen atoms in total. The van der Waals surface area contributed by atoms with E-state index in [-0.39, 0.29) is 5.54 Å². The quantitative estimate of drug-likeness (QED) is 0.623. The Morgan fingerprint density at radius 3 is 2.56 bits per heavy atom. The summed E-state index contributed by atoms with van der Waals surface area (Å²) in [5.74, 6) is 0.918. The monoisotopic (exact) mass is 363 g/mol. The van der Waals surface area contributed by atoms with Crippen LogP contribution in [0.1, 0.15) is 37.7 Å². The number of piperidine rings is 2. The van der Waals surface area contributed by atoms with E-state index in [1.165, 1.54) is 63.8 Å². The molecule has 0 bridgehead atoms. The number of nitrogens with one attached hydrogen (secondary N) is 2. The van der Waals surface area contributed by atoms with Gasteiger partial charge in [-0.2, -0.15) is 11.3 Å². The summed E-state index contributed by atoms with van der Waals surface area (Å²) >= 11 is 1.74. The minimum absolute atomic E-state index is 0.285. The molecule has 1 aromatic rings. The van der Waals surface area contributed by atoms with E-state index in [0.29, 0.717) is 0 Å². The lowest BCUT2D eigenvalue weighted by Gasteiger charge is -2.50. The number of hydrogen-bond donors (Lipinski definition) is 2. The van der Waals surface area contributed by atoms with Crippen molar-refractivity contribution in [2.75, 3.05) is 46.8 Å². The predicted molar refractivity (Wildman–Crippen MR) is 107 cm³/mol. The third kappa shape index (κ3) is 4.96. The van der Waals surface area contributed by atoms with Crippen molar-refractivity contribution in [3.05, 3.63) is 22.4 Å². The smallest absolute Gasteiger partial charge is 0.191 e. The van der Waals surface area contributed by atoms with E-state index in [0.717, 1.165) is 19.0 Å². The van der Waals surface area contributed by atoms with E-state index < -0.39 is 0 Å². The highest BCUT2D eigenvalue weighted by molar-refractivity contribution is 7.07. The Morgan fingerprint density at radius 1 is 1.16 bits per heavy atom. The summed E-state index contributed by atoms with van der Waals surface area (Å²) in [6.45, 7) is 6.73. The van der Waals surface area contributed by atoms with Gasteiger partial charge in [-0.25, -0.2) is 0 Å². The number of aliphatic imine (C=N–C) groups is 1. The summed E-state index contributed by atoms with van der Waals surface area (Å²) in [4.78, 5) is 9.66. The Bertz CT molecular complexity index is 528. The number of thiophene rings is 1. The van der Waals surface area contributed by atoms with Crippen LogP contribution in [0.15, 0.2) is 21.8 Å². The highest BCUT2D eigenvalue weighted by Crippen LogP contribution is 2.30. The van der Waals surface area contributed by atoms with Crippen molar-refractivity contribution in [2.45, 2.75) is 44.2 Å². The largest absolute Gasteiger partial charge is 0.355 e. The fourth-order valence-corrected chi connectivity index (χ4v) is 4.72. The molecule has 3 heterocycles. The van der Waals surface area contributed by atoms with Crippen LogP contribution >= 0.6 is 11.3 Å². The normalized spacial score (nSPS) is 22.7. The van der Waals surface area contributed by atoms with Crippen LogP contribution in [-0.4, -0.2) is 68.1 Å². The number of likely N-dealkylation sites (tertiary alicyclic amines) is 2. The van der Waals surface area contributed by atoms with Crippen molar-refractivity contribution in [1.29, 1.82) is 0 Å². The molecule has 0 radical (unpaired) electrons. The summed E-state index contributed by atoms with van der Waals surface area (Å²) in [6.07, 6.45) is 6.59. The molecule has 25 heavy (non-hydrogen) atoms. The van der Waals surface area contributed by atoms with Gasteiger partial charge in [0, 0.05) is 25.7 Å². The zero-order valence-electron chi connectivity index (χ0n) is 15.8. The van der Waals surface area contributed by atoms with Crippen LogP contribution in [0.5, 0.6) is 0 Å². The van der Waals surface area contributed by atoms with E-state index in [2.05, 4.69) is 49.3 Å². The first kappa shape index (κ1) is 18.7. The standard InChI is InChI=1S/C19H33N5S/c1-20-18(21-14-17-6-13-25-15-17)22-16-19(7-11-23(2)12-8-19)24-9-4-3-5-10-24/h6,13,15H,3-5,7-12,14,16H2,1-2H3,(H2,20,21,22). The Labute approximate surface area is 156 Å². The van der Waals surface area contributed by atoms with E-state index in [9.17, 15) is 0 Å². The average Bonchev–Trinajstić information content (AvgIpc) is 3.18. The number of rotatable bonds is 5. The Morgan fingerprint density at radius 2 is 1.92 bits per heavy atom. The van der Waals surface area contributed by atoms with Crippen molar-refractivity contribution in [3.8, 4) is 0 Å². The first-order valence-corrected chi connectivity index (χ1v) is 10.6. The molecule has 2 aliphatic rings. The molecule has 2 N–H and O–H groups in total. The molecule has 0 saturated carbocycles. The molecular weight excluding hydrogens is 330 g/mol. The molecule has 140 valence electrons. The Balaban J connectivity index is 1.59. The Kier molecular flexibility index (Phi) is 6.73. The molecule has 1 aromatic heterocycles. The van der Waals surface area contributed by atoms with Crippen LogP contribution in [0.3, 0.4) is 0 Å². The molecule has 0 amide bonds. The first-order chi connectivity index (χ1) is 12.2. The second kappa shape index (κ2) is 9.01. The minimum atomic E-state index is 0.285. The second-order valence-corrected chi connectivity index (χ2v) is 8.27. The van der Waals surface area contributed by atoms with Gasteiger partial charge in [-0.3, -0.25) is 9.89 Å². The lowest BCUT2D eigenvalue weighted by Crippen LogP contribution is -2.62. The lowest BCUT2D eigenvalue weighted by molar-refractivity contribution is 0.0173. The van der Waals surface area contributed by atoms with Crippen molar-refractivity contribution in [1.82, 2.24) is 20.4 Å². The van der Waals surface area contributed by atoms with Crippen molar-refractivity contribution in [3.63, 3.8) is 0 Å². The molecule has 6 heteroatoms. The topological polar surface area (TPSA) is 42.9 Å². The molecule has 0 aliphatic carbocycles. The lowest BCUT2D eigenvalue weighted by atomic mass is 9.84. The fraction of sp³-hybridized carbons (Fsp3) is 0.737. The maximum atomic E-state index is 4.43. The van der Waals surface area contributed by atoms with E-state index in [1.807, 2.05) is 7.05 Å². The van der Waals surface area contributed by atoms with Gasteiger partial charge >= 0.3 is 0 Å². The van der Waals surface area contributed by atoms with E-state index in [1.54, 1.807) is 11.3 Å². The van der Waals surface area contributed by atoms with Crippen LogP contribution in [0.25, 0.3) is 0 Å². The van der Waals surface area contributed by atoms with Crippen LogP contribution < -0.4 is 10.6 Å². The van der Waals surface area contributed by atoms with Gasteiger partial charge in [0.15, 0.2) is 5.96 Å². The van der Waals surface area contributed by atoms with Gasteiger partial charge in [-0.05, 0) is 81.3 Å². The molecule has 0 atom stereocenters. The van der Waals surface area contributed by atoms with E-state index in [4.69, 9.17) is 0 Å².